The molecule has 1 aromatic carbocycles. The number of benzene rings is 1. The summed E-state index contributed by atoms with van der Waals surface area (Å²) in [6, 6.07) is 5.62. The summed E-state index contributed by atoms with van der Waals surface area (Å²) in [7, 11) is 1.87. The standard InChI is InChI=1S/C11H14BrNO2/c1-7(13-2)5-8-3-4-9(12)6-10(8)11(14)15/h3-4,6-7,13H,5H2,1-2H3,(H,14,15). The highest BCUT2D eigenvalue weighted by Crippen LogP contribution is 2.18. The largest absolute Gasteiger partial charge is 0.478 e. The molecule has 1 aromatic rings. The van der Waals surface area contributed by atoms with Crippen molar-refractivity contribution < 1.29 is 9.90 Å². The third-order valence-corrected chi connectivity index (χ3v) is 2.81. The van der Waals surface area contributed by atoms with Crippen molar-refractivity contribution >= 4 is 21.9 Å². The number of carboxylic acid groups (broad SMARTS) is 1. The van der Waals surface area contributed by atoms with Crippen molar-refractivity contribution in [1.82, 2.24) is 5.32 Å². The van der Waals surface area contributed by atoms with Crippen LogP contribution in [-0.2, 0) is 6.42 Å². The third kappa shape index (κ3) is 3.32. The van der Waals surface area contributed by atoms with Crippen molar-refractivity contribution in [2.75, 3.05) is 7.05 Å². The van der Waals surface area contributed by atoms with Crippen molar-refractivity contribution in [3.8, 4) is 0 Å². The number of carbonyl (C=O) groups is 1. The molecule has 0 aliphatic carbocycles. The summed E-state index contributed by atoms with van der Waals surface area (Å²) in [6.07, 6.45) is 0.714. The third-order valence-electron chi connectivity index (χ3n) is 2.32. The molecule has 0 fully saturated rings. The van der Waals surface area contributed by atoms with Gasteiger partial charge >= 0.3 is 5.97 Å². The normalized spacial score (nSPS) is 12.5. The number of hydrogen-bond donors (Lipinski definition) is 2. The van der Waals surface area contributed by atoms with Crippen LogP contribution < -0.4 is 5.32 Å². The number of halogens is 1. The Kier molecular flexibility index (Phi) is 4.29. The van der Waals surface area contributed by atoms with Gasteiger partial charge in [-0.25, -0.2) is 4.79 Å². The Bertz CT molecular complexity index is 366. The highest BCUT2D eigenvalue weighted by atomic mass is 79.9. The van der Waals surface area contributed by atoms with Gasteiger partial charge in [-0.1, -0.05) is 22.0 Å². The molecule has 0 aromatic heterocycles. The van der Waals surface area contributed by atoms with Crippen LogP contribution >= 0.6 is 15.9 Å². The number of likely N-dealkylation sites (N-methyl/N-ethyl adjacent to an activating group) is 1. The number of hydrogen-bond acceptors (Lipinski definition) is 2. The van der Waals surface area contributed by atoms with Gasteiger partial charge in [0.25, 0.3) is 0 Å². The summed E-state index contributed by atoms with van der Waals surface area (Å²) in [6.45, 7) is 2.02. The van der Waals surface area contributed by atoms with Crippen LogP contribution in [0.2, 0.25) is 0 Å². The number of rotatable bonds is 4. The molecule has 3 nitrogen and oxygen atoms in total. The van der Waals surface area contributed by atoms with Crippen LogP contribution in [0.15, 0.2) is 22.7 Å². The van der Waals surface area contributed by atoms with E-state index in [2.05, 4.69) is 21.2 Å². The average molecular weight is 272 g/mol. The van der Waals surface area contributed by atoms with Crippen LogP contribution in [0, 0.1) is 0 Å². The van der Waals surface area contributed by atoms with Crippen molar-refractivity contribution in [3.63, 3.8) is 0 Å². The Morgan fingerprint density at radius 1 is 1.60 bits per heavy atom. The van der Waals surface area contributed by atoms with E-state index in [1.807, 2.05) is 26.1 Å². The minimum absolute atomic E-state index is 0.268. The van der Waals surface area contributed by atoms with Gasteiger partial charge in [-0.3, -0.25) is 0 Å². The van der Waals surface area contributed by atoms with E-state index < -0.39 is 5.97 Å². The second-order valence-corrected chi connectivity index (χ2v) is 4.42. The molecule has 1 unspecified atom stereocenters. The zero-order valence-electron chi connectivity index (χ0n) is 8.75. The fourth-order valence-corrected chi connectivity index (χ4v) is 1.72. The maximum atomic E-state index is 11.0. The Labute approximate surface area is 97.6 Å². The molecule has 0 radical (unpaired) electrons. The monoisotopic (exact) mass is 271 g/mol. The minimum atomic E-state index is -0.880. The molecule has 0 amide bonds. The van der Waals surface area contributed by atoms with Crippen molar-refractivity contribution in [2.24, 2.45) is 0 Å². The zero-order valence-corrected chi connectivity index (χ0v) is 10.3. The topological polar surface area (TPSA) is 49.3 Å². The number of carboxylic acids is 1. The van der Waals surface area contributed by atoms with Crippen LogP contribution in [-0.4, -0.2) is 24.2 Å². The predicted molar refractivity (Wildman–Crippen MR) is 63.3 cm³/mol. The molecule has 4 heteroatoms. The summed E-state index contributed by atoms with van der Waals surface area (Å²) in [4.78, 5) is 11.0. The molecule has 0 spiro atoms. The van der Waals surface area contributed by atoms with Gasteiger partial charge in [0.1, 0.15) is 0 Å². The number of nitrogens with one attached hydrogen (secondary N) is 1. The van der Waals surface area contributed by atoms with E-state index >= 15 is 0 Å². The summed E-state index contributed by atoms with van der Waals surface area (Å²) in [5.74, 6) is -0.880. The lowest BCUT2D eigenvalue weighted by molar-refractivity contribution is 0.0695. The van der Waals surface area contributed by atoms with Gasteiger partial charge in [-0.2, -0.15) is 0 Å². The Morgan fingerprint density at radius 2 is 2.27 bits per heavy atom. The first-order chi connectivity index (χ1) is 7.04. The maximum absolute atomic E-state index is 11.0. The van der Waals surface area contributed by atoms with Gasteiger partial charge < -0.3 is 10.4 Å². The Hall–Kier alpha value is -0.870. The van der Waals surface area contributed by atoms with Gasteiger partial charge in [0, 0.05) is 10.5 Å². The van der Waals surface area contributed by atoms with E-state index in [1.54, 1.807) is 6.07 Å². The van der Waals surface area contributed by atoms with Gasteiger partial charge in [0.2, 0.25) is 0 Å². The maximum Gasteiger partial charge on any atom is 0.336 e. The molecular weight excluding hydrogens is 258 g/mol. The number of aromatic carboxylic acids is 1. The van der Waals surface area contributed by atoms with Crippen molar-refractivity contribution in [3.05, 3.63) is 33.8 Å². The van der Waals surface area contributed by atoms with E-state index in [0.717, 1.165) is 10.0 Å². The molecule has 0 aliphatic rings. The first-order valence-corrected chi connectivity index (χ1v) is 5.53. The highest BCUT2D eigenvalue weighted by Gasteiger charge is 2.12. The van der Waals surface area contributed by atoms with Gasteiger partial charge in [-0.15, -0.1) is 0 Å². The summed E-state index contributed by atoms with van der Waals surface area (Å²) < 4.78 is 0.792. The van der Waals surface area contributed by atoms with Crippen LogP contribution in [0.4, 0.5) is 0 Å². The zero-order chi connectivity index (χ0) is 11.4. The molecule has 82 valence electrons. The summed E-state index contributed by atoms with van der Waals surface area (Å²) >= 11 is 3.27. The van der Waals surface area contributed by atoms with Crippen molar-refractivity contribution in [1.29, 1.82) is 0 Å². The van der Waals surface area contributed by atoms with Crippen LogP contribution in [0.1, 0.15) is 22.8 Å². The smallest absolute Gasteiger partial charge is 0.336 e. The van der Waals surface area contributed by atoms with Gasteiger partial charge in [0.15, 0.2) is 0 Å². The fraction of sp³-hybridized carbons (Fsp3) is 0.364. The average Bonchev–Trinajstić information content (AvgIpc) is 2.20. The molecule has 0 saturated heterocycles. The lowest BCUT2D eigenvalue weighted by Crippen LogP contribution is -2.24. The highest BCUT2D eigenvalue weighted by molar-refractivity contribution is 9.10. The molecule has 2 N–H and O–H groups in total. The first kappa shape index (κ1) is 12.2. The molecule has 0 aliphatic heterocycles. The van der Waals surface area contributed by atoms with Crippen LogP contribution in [0.5, 0.6) is 0 Å². The quantitative estimate of drug-likeness (QED) is 0.884. The lowest BCUT2D eigenvalue weighted by Gasteiger charge is -2.12. The SMILES string of the molecule is CNC(C)Cc1ccc(Br)cc1C(=O)O. The van der Waals surface area contributed by atoms with E-state index in [4.69, 9.17) is 5.11 Å². The van der Waals surface area contributed by atoms with Gasteiger partial charge in [0.05, 0.1) is 5.56 Å². The molecule has 0 bridgehead atoms. The van der Waals surface area contributed by atoms with Crippen LogP contribution in [0.3, 0.4) is 0 Å². The lowest BCUT2D eigenvalue weighted by atomic mass is 10.0. The molecular formula is C11H14BrNO2. The predicted octanol–water partition coefficient (Wildman–Crippen LogP) is 2.30. The Balaban J connectivity index is 3.01. The Morgan fingerprint density at radius 3 is 2.80 bits per heavy atom. The first-order valence-electron chi connectivity index (χ1n) is 4.73. The molecule has 1 rings (SSSR count). The minimum Gasteiger partial charge on any atom is -0.478 e. The fourth-order valence-electron chi connectivity index (χ4n) is 1.36. The van der Waals surface area contributed by atoms with E-state index in [9.17, 15) is 4.79 Å². The van der Waals surface area contributed by atoms with Crippen molar-refractivity contribution in [2.45, 2.75) is 19.4 Å². The summed E-state index contributed by atoms with van der Waals surface area (Å²) in [5.41, 5.74) is 1.22. The van der Waals surface area contributed by atoms with E-state index in [0.29, 0.717) is 12.0 Å². The summed E-state index contributed by atoms with van der Waals surface area (Å²) in [5, 5.41) is 12.1. The van der Waals surface area contributed by atoms with E-state index in [1.165, 1.54) is 0 Å². The van der Waals surface area contributed by atoms with Gasteiger partial charge in [-0.05, 0) is 38.1 Å². The van der Waals surface area contributed by atoms with E-state index in [-0.39, 0.29) is 6.04 Å². The molecule has 0 saturated carbocycles. The second kappa shape index (κ2) is 5.28. The molecule has 1 atom stereocenters. The molecule has 15 heavy (non-hydrogen) atoms. The second-order valence-electron chi connectivity index (χ2n) is 3.50. The van der Waals surface area contributed by atoms with Crippen LogP contribution in [0.25, 0.3) is 0 Å². The molecule has 0 heterocycles.